The highest BCUT2D eigenvalue weighted by molar-refractivity contribution is 9.09. The maximum atomic E-state index is 11.1. The van der Waals surface area contributed by atoms with Gasteiger partial charge in [-0.05, 0) is 6.92 Å². The Morgan fingerprint density at radius 3 is 2.00 bits per heavy atom. The van der Waals surface area contributed by atoms with E-state index in [2.05, 4.69) is 15.9 Å². The Morgan fingerprint density at radius 1 is 1.40 bits per heavy atom. The van der Waals surface area contributed by atoms with Crippen molar-refractivity contribution in [3.63, 3.8) is 0 Å². The van der Waals surface area contributed by atoms with Crippen LogP contribution in [0.1, 0.15) is 19.8 Å². The first kappa shape index (κ1) is 7.92. The molecule has 0 aliphatic heterocycles. The van der Waals surface area contributed by atoms with E-state index in [1.54, 1.807) is 6.92 Å². The fourth-order valence-electron chi connectivity index (χ4n) is 1.08. The van der Waals surface area contributed by atoms with Crippen molar-refractivity contribution in [1.82, 2.24) is 0 Å². The van der Waals surface area contributed by atoms with Crippen LogP contribution in [0, 0.1) is 5.41 Å². The zero-order valence-corrected chi connectivity index (χ0v) is 7.40. The minimum absolute atomic E-state index is 0.0781. The van der Waals surface area contributed by atoms with Crippen LogP contribution < -0.4 is 0 Å². The van der Waals surface area contributed by atoms with Gasteiger partial charge in [0, 0.05) is 18.2 Å². The van der Waals surface area contributed by atoms with Crippen molar-refractivity contribution >= 4 is 27.5 Å². The SMILES string of the molecule is CC1(CBr)C(=O)CCC1=O. The summed E-state index contributed by atoms with van der Waals surface area (Å²) in [6.45, 7) is 1.71. The molecule has 1 rings (SSSR count). The van der Waals surface area contributed by atoms with E-state index < -0.39 is 5.41 Å². The number of hydrogen-bond donors (Lipinski definition) is 0. The van der Waals surface area contributed by atoms with Crippen LogP contribution in [0.15, 0.2) is 0 Å². The standard InChI is InChI=1S/C7H9BrO2/c1-7(4-8)5(9)2-3-6(7)10/h2-4H2,1H3. The van der Waals surface area contributed by atoms with Crippen LogP contribution in [0.4, 0.5) is 0 Å². The molecule has 3 heteroatoms. The van der Waals surface area contributed by atoms with E-state index in [4.69, 9.17) is 0 Å². The topological polar surface area (TPSA) is 34.1 Å². The van der Waals surface area contributed by atoms with Gasteiger partial charge in [-0.2, -0.15) is 0 Å². The molecule has 1 fully saturated rings. The van der Waals surface area contributed by atoms with Gasteiger partial charge >= 0.3 is 0 Å². The summed E-state index contributed by atoms with van der Waals surface area (Å²) in [6.07, 6.45) is 0.863. The average Bonchev–Trinajstić information content (AvgIpc) is 2.18. The Bertz CT molecular complexity index is 170. The summed E-state index contributed by atoms with van der Waals surface area (Å²) in [5.74, 6) is 0.156. The van der Waals surface area contributed by atoms with E-state index >= 15 is 0 Å². The van der Waals surface area contributed by atoms with E-state index in [1.165, 1.54) is 0 Å². The highest BCUT2D eigenvalue weighted by atomic mass is 79.9. The molecule has 0 bridgehead atoms. The van der Waals surface area contributed by atoms with Crippen LogP contribution in [-0.4, -0.2) is 16.9 Å². The highest BCUT2D eigenvalue weighted by Crippen LogP contribution is 2.32. The van der Waals surface area contributed by atoms with Crippen molar-refractivity contribution in [1.29, 1.82) is 0 Å². The second kappa shape index (κ2) is 2.46. The zero-order valence-electron chi connectivity index (χ0n) is 5.82. The number of halogens is 1. The smallest absolute Gasteiger partial charge is 0.147 e. The van der Waals surface area contributed by atoms with Gasteiger partial charge in [0.25, 0.3) is 0 Å². The maximum Gasteiger partial charge on any atom is 0.147 e. The van der Waals surface area contributed by atoms with Crippen molar-refractivity contribution in [3.8, 4) is 0 Å². The largest absolute Gasteiger partial charge is 0.299 e. The lowest BCUT2D eigenvalue weighted by Gasteiger charge is -2.15. The number of Topliss-reactive ketones (excluding diaryl/α,β-unsaturated/α-hetero) is 2. The fourth-order valence-corrected chi connectivity index (χ4v) is 1.71. The van der Waals surface area contributed by atoms with Gasteiger partial charge in [-0.25, -0.2) is 0 Å². The number of carbonyl (C=O) groups is 2. The molecular weight excluding hydrogens is 196 g/mol. The fraction of sp³-hybridized carbons (Fsp3) is 0.714. The molecule has 0 aromatic rings. The molecule has 0 atom stereocenters. The molecule has 0 unspecified atom stereocenters. The molecule has 1 saturated carbocycles. The van der Waals surface area contributed by atoms with E-state index in [9.17, 15) is 9.59 Å². The third-order valence-electron chi connectivity index (χ3n) is 2.08. The number of carbonyl (C=O) groups excluding carboxylic acids is 2. The number of ketones is 2. The van der Waals surface area contributed by atoms with Gasteiger partial charge < -0.3 is 0 Å². The minimum atomic E-state index is -0.708. The monoisotopic (exact) mass is 204 g/mol. The first-order chi connectivity index (χ1) is 4.61. The predicted octanol–water partition coefficient (Wildman–Crippen LogP) is 1.32. The molecule has 0 saturated heterocycles. The second-order valence-corrected chi connectivity index (χ2v) is 3.37. The number of rotatable bonds is 1. The lowest BCUT2D eigenvalue weighted by molar-refractivity contribution is -0.132. The summed E-state index contributed by atoms with van der Waals surface area (Å²) in [4.78, 5) is 22.2. The van der Waals surface area contributed by atoms with Gasteiger partial charge in [0.15, 0.2) is 0 Å². The Balaban J connectivity index is 2.90. The molecule has 1 aliphatic rings. The van der Waals surface area contributed by atoms with Crippen LogP contribution in [0.25, 0.3) is 0 Å². The summed E-state index contributed by atoms with van der Waals surface area (Å²) in [5.41, 5.74) is -0.708. The van der Waals surface area contributed by atoms with Crippen molar-refractivity contribution < 1.29 is 9.59 Å². The summed E-state index contributed by atoms with van der Waals surface area (Å²) in [5, 5.41) is 0.470. The maximum absolute atomic E-state index is 11.1. The lowest BCUT2D eigenvalue weighted by atomic mass is 9.90. The molecule has 0 spiro atoms. The molecule has 0 heterocycles. The Morgan fingerprint density at radius 2 is 1.80 bits per heavy atom. The van der Waals surface area contributed by atoms with Crippen molar-refractivity contribution in [3.05, 3.63) is 0 Å². The van der Waals surface area contributed by atoms with Crippen LogP contribution in [-0.2, 0) is 9.59 Å². The van der Waals surface area contributed by atoms with Crippen molar-refractivity contribution in [2.24, 2.45) is 5.41 Å². The molecule has 0 N–H and O–H groups in total. The molecule has 10 heavy (non-hydrogen) atoms. The van der Waals surface area contributed by atoms with E-state index in [-0.39, 0.29) is 11.6 Å². The van der Waals surface area contributed by atoms with Gasteiger partial charge in [-0.1, -0.05) is 15.9 Å². The second-order valence-electron chi connectivity index (χ2n) is 2.81. The third kappa shape index (κ3) is 0.926. The molecule has 0 aromatic heterocycles. The first-order valence-electron chi connectivity index (χ1n) is 3.24. The molecule has 0 amide bonds. The van der Waals surface area contributed by atoms with Gasteiger partial charge in [0.1, 0.15) is 11.6 Å². The van der Waals surface area contributed by atoms with Gasteiger partial charge in [0.05, 0.1) is 5.41 Å². The summed E-state index contributed by atoms with van der Waals surface area (Å²) in [6, 6.07) is 0. The third-order valence-corrected chi connectivity index (χ3v) is 3.20. The Kier molecular flexibility index (Phi) is 1.95. The lowest BCUT2D eigenvalue weighted by Crippen LogP contribution is -2.30. The quantitative estimate of drug-likeness (QED) is 0.477. The number of hydrogen-bond acceptors (Lipinski definition) is 2. The summed E-state index contributed by atoms with van der Waals surface area (Å²) < 4.78 is 0. The Hall–Kier alpha value is -0.180. The normalized spacial score (nSPS) is 23.8. The zero-order chi connectivity index (χ0) is 7.78. The van der Waals surface area contributed by atoms with Crippen LogP contribution >= 0.6 is 15.9 Å². The van der Waals surface area contributed by atoms with E-state index in [0.29, 0.717) is 18.2 Å². The molecule has 0 radical (unpaired) electrons. The van der Waals surface area contributed by atoms with Gasteiger partial charge in [-0.3, -0.25) is 9.59 Å². The summed E-state index contributed by atoms with van der Waals surface area (Å²) in [7, 11) is 0. The summed E-state index contributed by atoms with van der Waals surface area (Å²) >= 11 is 3.17. The van der Waals surface area contributed by atoms with Crippen LogP contribution in [0.5, 0.6) is 0 Å². The number of alkyl halides is 1. The van der Waals surface area contributed by atoms with Gasteiger partial charge in [0.2, 0.25) is 0 Å². The van der Waals surface area contributed by atoms with Crippen molar-refractivity contribution in [2.45, 2.75) is 19.8 Å². The van der Waals surface area contributed by atoms with Gasteiger partial charge in [-0.15, -0.1) is 0 Å². The Labute approximate surface area is 68.1 Å². The van der Waals surface area contributed by atoms with E-state index in [1.807, 2.05) is 0 Å². The van der Waals surface area contributed by atoms with E-state index in [0.717, 1.165) is 0 Å². The molecule has 0 aromatic carbocycles. The molecule has 56 valence electrons. The van der Waals surface area contributed by atoms with Crippen LogP contribution in [0.2, 0.25) is 0 Å². The highest BCUT2D eigenvalue weighted by Gasteiger charge is 2.43. The molecule has 2 nitrogen and oxygen atoms in total. The molecule has 1 aliphatic carbocycles. The van der Waals surface area contributed by atoms with Crippen molar-refractivity contribution in [2.75, 3.05) is 5.33 Å². The van der Waals surface area contributed by atoms with Crippen LogP contribution in [0.3, 0.4) is 0 Å². The first-order valence-corrected chi connectivity index (χ1v) is 4.36. The predicted molar refractivity (Wildman–Crippen MR) is 41.1 cm³/mol. The average molecular weight is 205 g/mol. The molecular formula is C7H9BrO2. The minimum Gasteiger partial charge on any atom is -0.299 e.